The number of fused-ring (bicyclic) bond motifs is 6. The van der Waals surface area contributed by atoms with Crippen LogP contribution in [0.4, 0.5) is 0 Å². The summed E-state index contributed by atoms with van der Waals surface area (Å²) in [6, 6.07) is 12.5. The molecule has 0 aliphatic carbocycles. The first-order valence-electron chi connectivity index (χ1n) is 10.6. The van der Waals surface area contributed by atoms with Crippen LogP contribution in [0.5, 0.6) is 17.2 Å². The number of aromatic nitrogens is 5. The molecule has 4 heterocycles. The van der Waals surface area contributed by atoms with Crippen molar-refractivity contribution in [3.05, 3.63) is 59.0 Å². The van der Waals surface area contributed by atoms with E-state index in [-0.39, 0.29) is 12.1 Å². The number of aromatic amines is 1. The molecule has 6 rings (SSSR count). The van der Waals surface area contributed by atoms with Crippen LogP contribution in [0.15, 0.2) is 36.4 Å². The lowest BCUT2D eigenvalue weighted by Gasteiger charge is -2.43. The quantitative estimate of drug-likeness (QED) is 0.530. The largest absolute Gasteiger partial charge is 0.493 e. The second kappa shape index (κ2) is 7.23. The molecule has 9 nitrogen and oxygen atoms in total. The van der Waals surface area contributed by atoms with Gasteiger partial charge in [-0.15, -0.1) is 5.10 Å². The van der Waals surface area contributed by atoms with Gasteiger partial charge in [0.05, 0.1) is 40.0 Å². The first kappa shape index (κ1) is 19.1. The molecule has 0 fully saturated rings. The number of nitrogens with one attached hydrogen (secondary N) is 1. The van der Waals surface area contributed by atoms with Crippen molar-refractivity contribution < 1.29 is 14.2 Å². The van der Waals surface area contributed by atoms with Gasteiger partial charge in [-0.2, -0.15) is 0 Å². The van der Waals surface area contributed by atoms with Gasteiger partial charge in [-0.05, 0) is 46.2 Å². The Hall–Kier alpha value is -3.59. The Bertz CT molecular complexity index is 1290. The van der Waals surface area contributed by atoms with E-state index >= 15 is 0 Å². The van der Waals surface area contributed by atoms with Crippen LogP contribution in [0.25, 0.3) is 10.9 Å². The maximum atomic E-state index is 5.62. The molecule has 0 bridgehead atoms. The zero-order valence-corrected chi connectivity index (χ0v) is 18.2. The predicted molar refractivity (Wildman–Crippen MR) is 117 cm³/mol. The molecule has 1 N–H and O–H groups in total. The van der Waals surface area contributed by atoms with Crippen LogP contribution in [0.1, 0.15) is 34.7 Å². The third-order valence-electron chi connectivity index (χ3n) is 6.68. The number of H-pyrrole nitrogens is 1. The monoisotopic (exact) mass is 432 g/mol. The van der Waals surface area contributed by atoms with Crippen molar-refractivity contribution in [2.75, 3.05) is 27.9 Å². The SMILES string of the molecule is COc1cc(C2c3nnnn3CC3c4[nH]c5ccccc5c4CCN32)cc(OC)c1OC. The van der Waals surface area contributed by atoms with Gasteiger partial charge in [-0.3, -0.25) is 4.90 Å². The number of methoxy groups -OCH3 is 3. The van der Waals surface area contributed by atoms with E-state index in [0.717, 1.165) is 24.4 Å². The van der Waals surface area contributed by atoms with Gasteiger partial charge >= 0.3 is 0 Å². The molecule has 0 amide bonds. The van der Waals surface area contributed by atoms with Crippen molar-refractivity contribution in [2.24, 2.45) is 0 Å². The average molecular weight is 432 g/mol. The maximum Gasteiger partial charge on any atom is 0.203 e. The highest BCUT2D eigenvalue weighted by Gasteiger charge is 2.43. The summed E-state index contributed by atoms with van der Waals surface area (Å²) >= 11 is 0. The van der Waals surface area contributed by atoms with Crippen molar-refractivity contribution in [3.63, 3.8) is 0 Å². The van der Waals surface area contributed by atoms with Crippen molar-refractivity contribution in [3.8, 4) is 17.2 Å². The van der Waals surface area contributed by atoms with Crippen molar-refractivity contribution in [1.82, 2.24) is 30.1 Å². The summed E-state index contributed by atoms with van der Waals surface area (Å²) in [7, 11) is 4.87. The molecule has 2 aromatic heterocycles. The molecule has 0 saturated heterocycles. The number of hydrogen-bond acceptors (Lipinski definition) is 7. The zero-order chi connectivity index (χ0) is 21.8. The van der Waals surface area contributed by atoms with Gasteiger partial charge in [0, 0.05) is 23.1 Å². The number of rotatable bonds is 4. The summed E-state index contributed by atoms with van der Waals surface area (Å²) in [5, 5.41) is 14.0. The van der Waals surface area contributed by atoms with Gasteiger partial charge in [0.15, 0.2) is 17.3 Å². The highest BCUT2D eigenvalue weighted by Crippen LogP contribution is 2.47. The highest BCUT2D eigenvalue weighted by molar-refractivity contribution is 5.85. The number of para-hydroxylation sites is 1. The molecule has 4 aromatic rings. The number of nitrogens with zero attached hydrogens (tertiary/aromatic N) is 5. The van der Waals surface area contributed by atoms with Crippen molar-refractivity contribution in [1.29, 1.82) is 0 Å². The summed E-state index contributed by atoms with van der Waals surface area (Å²) in [4.78, 5) is 6.16. The average Bonchev–Trinajstić information content (AvgIpc) is 3.45. The van der Waals surface area contributed by atoms with E-state index in [1.807, 2.05) is 16.8 Å². The number of benzene rings is 2. The summed E-state index contributed by atoms with van der Waals surface area (Å²) < 4.78 is 18.7. The predicted octanol–water partition coefficient (Wildman–Crippen LogP) is 2.88. The second-order valence-electron chi connectivity index (χ2n) is 8.15. The van der Waals surface area contributed by atoms with E-state index in [1.54, 1.807) is 21.3 Å². The van der Waals surface area contributed by atoms with Crippen molar-refractivity contribution >= 4 is 10.9 Å². The van der Waals surface area contributed by atoms with Crippen LogP contribution in [0, 0.1) is 0 Å². The fraction of sp³-hybridized carbons (Fsp3) is 0.348. The molecule has 0 spiro atoms. The van der Waals surface area contributed by atoms with Gasteiger partial charge in [0.1, 0.15) is 0 Å². The fourth-order valence-corrected chi connectivity index (χ4v) is 5.29. The van der Waals surface area contributed by atoms with E-state index in [2.05, 4.69) is 49.7 Å². The molecular formula is C23H24N6O3. The van der Waals surface area contributed by atoms with Gasteiger partial charge in [-0.25, -0.2) is 4.68 Å². The summed E-state index contributed by atoms with van der Waals surface area (Å²) in [5.74, 6) is 2.62. The summed E-state index contributed by atoms with van der Waals surface area (Å²) in [6.45, 7) is 1.59. The molecule has 2 aliphatic heterocycles. The molecule has 2 atom stereocenters. The Kier molecular flexibility index (Phi) is 4.32. The molecule has 164 valence electrons. The minimum absolute atomic E-state index is 0.131. The van der Waals surface area contributed by atoms with Crippen LogP contribution in [0.3, 0.4) is 0 Å². The standard InChI is InChI=1S/C23H24N6O3/c1-30-18-10-13(11-19(31-2)22(18)32-3)21-23-25-26-27-29(23)12-17-20-15(8-9-28(17)21)14-6-4-5-7-16(14)24-20/h4-7,10-11,17,21,24H,8-9,12H2,1-3H3. The Morgan fingerprint density at radius 3 is 2.56 bits per heavy atom. The normalized spacial score (nSPS) is 19.8. The molecule has 0 radical (unpaired) electrons. The molecular weight excluding hydrogens is 408 g/mol. The minimum atomic E-state index is -0.142. The fourth-order valence-electron chi connectivity index (χ4n) is 5.29. The van der Waals surface area contributed by atoms with E-state index in [0.29, 0.717) is 23.8 Å². The molecule has 2 aliphatic rings. The molecule has 32 heavy (non-hydrogen) atoms. The lowest BCUT2D eigenvalue weighted by atomic mass is 9.91. The summed E-state index contributed by atoms with van der Waals surface area (Å²) in [5.41, 5.74) is 4.81. The third kappa shape index (κ3) is 2.64. The van der Waals surface area contributed by atoms with Crippen LogP contribution < -0.4 is 14.2 Å². The topological polar surface area (TPSA) is 90.3 Å². The van der Waals surface area contributed by atoms with Crippen LogP contribution in [-0.4, -0.2) is 58.0 Å². The van der Waals surface area contributed by atoms with E-state index < -0.39 is 0 Å². The highest BCUT2D eigenvalue weighted by atomic mass is 16.5. The molecule has 0 saturated carbocycles. The van der Waals surface area contributed by atoms with Crippen LogP contribution >= 0.6 is 0 Å². The second-order valence-corrected chi connectivity index (χ2v) is 8.15. The maximum absolute atomic E-state index is 5.62. The lowest BCUT2D eigenvalue weighted by molar-refractivity contribution is 0.0886. The van der Waals surface area contributed by atoms with E-state index in [1.165, 1.54) is 22.2 Å². The van der Waals surface area contributed by atoms with Gasteiger partial charge in [0.25, 0.3) is 0 Å². The zero-order valence-electron chi connectivity index (χ0n) is 18.2. The molecule has 9 heteroatoms. The first-order chi connectivity index (χ1) is 15.7. The van der Waals surface area contributed by atoms with E-state index in [9.17, 15) is 0 Å². The first-order valence-corrected chi connectivity index (χ1v) is 10.6. The van der Waals surface area contributed by atoms with Gasteiger partial charge in [-0.1, -0.05) is 18.2 Å². The summed E-state index contributed by atoms with van der Waals surface area (Å²) in [6.07, 6.45) is 0.957. The Labute approximate surface area is 184 Å². The van der Waals surface area contributed by atoms with Crippen molar-refractivity contribution in [2.45, 2.75) is 25.0 Å². The third-order valence-corrected chi connectivity index (χ3v) is 6.68. The number of hydrogen-bond donors (Lipinski definition) is 1. The Morgan fingerprint density at radius 1 is 1.03 bits per heavy atom. The Morgan fingerprint density at radius 2 is 1.81 bits per heavy atom. The number of ether oxygens (including phenoxy) is 3. The number of tetrazole rings is 1. The Balaban J connectivity index is 1.52. The van der Waals surface area contributed by atoms with Gasteiger partial charge in [0.2, 0.25) is 5.75 Å². The van der Waals surface area contributed by atoms with Crippen LogP contribution in [-0.2, 0) is 13.0 Å². The molecule has 2 aromatic carbocycles. The van der Waals surface area contributed by atoms with Gasteiger partial charge < -0.3 is 19.2 Å². The molecule has 2 unspecified atom stereocenters. The smallest absolute Gasteiger partial charge is 0.203 e. The van der Waals surface area contributed by atoms with Crippen LogP contribution in [0.2, 0.25) is 0 Å². The van der Waals surface area contributed by atoms with E-state index in [4.69, 9.17) is 14.2 Å². The lowest BCUT2D eigenvalue weighted by Crippen LogP contribution is -2.45. The minimum Gasteiger partial charge on any atom is -0.493 e.